The number of hydrogen-bond acceptors (Lipinski definition) is 6. The van der Waals surface area contributed by atoms with Crippen molar-refractivity contribution in [3.8, 4) is 6.07 Å². The van der Waals surface area contributed by atoms with Crippen molar-refractivity contribution >= 4 is 28.6 Å². The number of aromatic nitrogens is 2. The summed E-state index contributed by atoms with van der Waals surface area (Å²) in [7, 11) is 0. The number of likely N-dealkylation sites (tertiary alicyclic amines) is 1. The van der Waals surface area contributed by atoms with Crippen LogP contribution in [-0.2, 0) is 4.79 Å². The molecular formula is C23H27FN6O3. The zero-order valence-corrected chi connectivity index (χ0v) is 18.4. The van der Waals surface area contributed by atoms with Crippen molar-refractivity contribution in [3.63, 3.8) is 0 Å². The average molecular weight is 455 g/mol. The molecule has 0 bridgehead atoms. The summed E-state index contributed by atoms with van der Waals surface area (Å²) in [5, 5.41) is 22.3. The number of carbonyl (C=O) groups is 2. The maximum atomic E-state index is 14.4. The van der Waals surface area contributed by atoms with Crippen LogP contribution in [0.2, 0.25) is 0 Å². The lowest BCUT2D eigenvalue weighted by Gasteiger charge is -2.39. The molecule has 0 aliphatic carbocycles. The summed E-state index contributed by atoms with van der Waals surface area (Å²) >= 11 is 0. The first-order chi connectivity index (χ1) is 15.9. The van der Waals surface area contributed by atoms with E-state index >= 15 is 0 Å². The summed E-state index contributed by atoms with van der Waals surface area (Å²) in [4.78, 5) is 35.6. The predicted molar refractivity (Wildman–Crippen MR) is 119 cm³/mol. The van der Waals surface area contributed by atoms with Crippen molar-refractivity contribution in [2.75, 3.05) is 31.1 Å². The van der Waals surface area contributed by atoms with E-state index in [2.05, 4.69) is 33.2 Å². The molecule has 4 heterocycles. The Labute approximate surface area is 191 Å². The molecule has 4 atom stereocenters. The number of anilines is 1. The number of carboxylic acid groups (broad SMARTS) is 1. The quantitative estimate of drug-likeness (QED) is 0.728. The number of halogens is 1. The number of amides is 2. The van der Waals surface area contributed by atoms with Crippen LogP contribution in [0.25, 0.3) is 10.9 Å². The maximum Gasteiger partial charge on any atom is 0.407 e. The predicted octanol–water partition coefficient (Wildman–Crippen LogP) is 2.56. The van der Waals surface area contributed by atoms with Gasteiger partial charge in [-0.05, 0) is 30.9 Å². The molecule has 2 amide bonds. The van der Waals surface area contributed by atoms with Crippen LogP contribution in [0.4, 0.5) is 14.9 Å². The van der Waals surface area contributed by atoms with Crippen LogP contribution in [0.3, 0.4) is 0 Å². The van der Waals surface area contributed by atoms with Gasteiger partial charge in [0.15, 0.2) is 5.69 Å². The van der Waals surface area contributed by atoms with Gasteiger partial charge < -0.3 is 20.2 Å². The lowest BCUT2D eigenvalue weighted by atomic mass is 9.90. The molecule has 9 nitrogen and oxygen atoms in total. The number of hydrogen-bond donors (Lipinski definition) is 2. The van der Waals surface area contributed by atoms with E-state index in [0.717, 1.165) is 28.9 Å². The second-order valence-corrected chi connectivity index (χ2v) is 9.01. The molecule has 2 aromatic heterocycles. The molecule has 2 saturated heterocycles. The highest BCUT2D eigenvalue weighted by atomic mass is 19.1. The third-order valence-corrected chi connectivity index (χ3v) is 6.49. The standard InChI is InChI=1S/C23H27FN6O3/c1-14-7-16(28-21(31)8-15-4-6-29(23(32)33)13-18(15)24)12-30(11-14)20-10-27-19(9-25)22-17(20)3-2-5-26-22/h2-3,5,10,14-16,18H,4,6-8,11-13H2,1H3,(H,28,31)(H,32,33)/t14-,15?,16+,18?/m0/s1. The Morgan fingerprint density at radius 3 is 2.88 bits per heavy atom. The van der Waals surface area contributed by atoms with Gasteiger partial charge in [0.25, 0.3) is 0 Å². The van der Waals surface area contributed by atoms with Crippen molar-refractivity contribution in [2.45, 2.75) is 38.4 Å². The van der Waals surface area contributed by atoms with Gasteiger partial charge in [0.2, 0.25) is 5.91 Å². The van der Waals surface area contributed by atoms with E-state index in [1.54, 1.807) is 12.4 Å². The number of piperidine rings is 2. The topological polar surface area (TPSA) is 122 Å². The minimum atomic E-state index is -1.34. The first-order valence-electron chi connectivity index (χ1n) is 11.2. The first kappa shape index (κ1) is 22.7. The van der Waals surface area contributed by atoms with E-state index in [1.165, 1.54) is 0 Å². The summed E-state index contributed by atoms with van der Waals surface area (Å²) in [6.45, 7) is 3.53. The zero-order valence-electron chi connectivity index (χ0n) is 18.4. The summed E-state index contributed by atoms with van der Waals surface area (Å²) in [6, 6.07) is 5.71. The van der Waals surface area contributed by atoms with Gasteiger partial charge in [-0.3, -0.25) is 9.78 Å². The van der Waals surface area contributed by atoms with E-state index in [1.807, 2.05) is 12.1 Å². The Hall–Kier alpha value is -3.48. The number of rotatable bonds is 4. The Kier molecular flexibility index (Phi) is 6.58. The van der Waals surface area contributed by atoms with Gasteiger partial charge in [-0.2, -0.15) is 5.26 Å². The Morgan fingerprint density at radius 1 is 1.33 bits per heavy atom. The number of fused-ring (bicyclic) bond motifs is 1. The molecule has 0 spiro atoms. The maximum absolute atomic E-state index is 14.4. The van der Waals surface area contributed by atoms with Gasteiger partial charge in [-0.15, -0.1) is 0 Å². The minimum Gasteiger partial charge on any atom is -0.465 e. The second kappa shape index (κ2) is 9.57. The zero-order chi connectivity index (χ0) is 23.5. The fourth-order valence-corrected chi connectivity index (χ4v) is 4.93. The van der Waals surface area contributed by atoms with Crippen LogP contribution >= 0.6 is 0 Å². The van der Waals surface area contributed by atoms with Crippen molar-refractivity contribution in [2.24, 2.45) is 11.8 Å². The summed E-state index contributed by atoms with van der Waals surface area (Å²) in [5.74, 6) is -0.385. The van der Waals surface area contributed by atoms with Crippen LogP contribution in [0.1, 0.15) is 31.9 Å². The molecule has 0 saturated carbocycles. The van der Waals surface area contributed by atoms with Crippen LogP contribution in [0.15, 0.2) is 24.5 Å². The van der Waals surface area contributed by atoms with Gasteiger partial charge in [0, 0.05) is 49.6 Å². The van der Waals surface area contributed by atoms with E-state index in [9.17, 15) is 19.2 Å². The van der Waals surface area contributed by atoms with Gasteiger partial charge in [-0.25, -0.2) is 14.2 Å². The smallest absolute Gasteiger partial charge is 0.407 e. The average Bonchev–Trinajstić information content (AvgIpc) is 2.79. The fourth-order valence-electron chi connectivity index (χ4n) is 4.93. The number of pyridine rings is 2. The minimum absolute atomic E-state index is 0.0464. The highest BCUT2D eigenvalue weighted by Crippen LogP contribution is 2.30. The number of nitrogens with one attached hydrogen (secondary N) is 1. The fraction of sp³-hybridized carbons (Fsp3) is 0.522. The van der Waals surface area contributed by atoms with Crippen LogP contribution in [-0.4, -0.2) is 70.4 Å². The monoisotopic (exact) mass is 454 g/mol. The second-order valence-electron chi connectivity index (χ2n) is 9.01. The number of carbonyl (C=O) groups excluding carboxylic acids is 1. The Balaban J connectivity index is 1.43. The van der Waals surface area contributed by atoms with Crippen molar-refractivity contribution in [3.05, 3.63) is 30.2 Å². The van der Waals surface area contributed by atoms with Gasteiger partial charge >= 0.3 is 6.09 Å². The van der Waals surface area contributed by atoms with Crippen molar-refractivity contribution in [1.29, 1.82) is 5.26 Å². The molecule has 0 radical (unpaired) electrons. The molecule has 2 unspecified atom stereocenters. The molecular weight excluding hydrogens is 427 g/mol. The molecule has 0 aromatic carbocycles. The molecule has 2 aliphatic heterocycles. The van der Waals surface area contributed by atoms with Crippen LogP contribution in [0.5, 0.6) is 0 Å². The van der Waals surface area contributed by atoms with Gasteiger partial charge in [0.05, 0.1) is 18.4 Å². The largest absolute Gasteiger partial charge is 0.465 e. The summed E-state index contributed by atoms with van der Waals surface area (Å²) in [6.07, 6.45) is 2.04. The highest BCUT2D eigenvalue weighted by Gasteiger charge is 2.34. The molecule has 33 heavy (non-hydrogen) atoms. The SMILES string of the molecule is C[C@H]1C[C@@H](NC(=O)CC2CCN(C(=O)O)CC2F)CN(c2cnc(C#N)c3ncccc23)C1. The van der Waals surface area contributed by atoms with E-state index in [4.69, 9.17) is 5.11 Å². The molecule has 4 rings (SSSR count). The normalized spacial score (nSPS) is 25.5. The number of nitrogens with zero attached hydrogens (tertiary/aromatic N) is 5. The van der Waals surface area contributed by atoms with E-state index in [-0.39, 0.29) is 37.2 Å². The first-order valence-corrected chi connectivity index (χ1v) is 11.2. The number of nitriles is 1. The molecule has 2 aromatic rings. The van der Waals surface area contributed by atoms with Crippen LogP contribution in [0, 0.1) is 23.2 Å². The molecule has 10 heteroatoms. The van der Waals surface area contributed by atoms with Crippen molar-refractivity contribution in [1.82, 2.24) is 20.2 Å². The highest BCUT2D eigenvalue weighted by molar-refractivity contribution is 5.93. The molecule has 2 aliphatic rings. The van der Waals surface area contributed by atoms with Crippen molar-refractivity contribution < 1.29 is 19.1 Å². The van der Waals surface area contributed by atoms with Gasteiger partial charge in [-0.1, -0.05) is 6.92 Å². The molecule has 2 fully saturated rings. The summed E-state index contributed by atoms with van der Waals surface area (Å²) < 4.78 is 14.4. The Morgan fingerprint density at radius 2 is 2.15 bits per heavy atom. The number of alkyl halides is 1. The van der Waals surface area contributed by atoms with E-state index in [0.29, 0.717) is 24.4 Å². The molecule has 2 N–H and O–H groups in total. The Bertz CT molecular complexity index is 1090. The lowest BCUT2D eigenvalue weighted by Crippen LogP contribution is -2.51. The third-order valence-electron chi connectivity index (χ3n) is 6.49. The van der Waals surface area contributed by atoms with Gasteiger partial charge in [0.1, 0.15) is 17.8 Å². The van der Waals surface area contributed by atoms with Crippen LogP contribution < -0.4 is 10.2 Å². The lowest BCUT2D eigenvalue weighted by molar-refractivity contribution is -0.123. The summed E-state index contributed by atoms with van der Waals surface area (Å²) in [5.41, 5.74) is 1.70. The van der Waals surface area contributed by atoms with E-state index < -0.39 is 18.2 Å². The molecule has 174 valence electrons. The third kappa shape index (κ3) is 4.97.